The van der Waals surface area contributed by atoms with Crippen LogP contribution in [0.5, 0.6) is 0 Å². The highest BCUT2D eigenvalue weighted by atomic mass is 32.1. The van der Waals surface area contributed by atoms with Crippen molar-refractivity contribution >= 4 is 11.3 Å². The highest BCUT2D eigenvalue weighted by Crippen LogP contribution is 2.29. The Morgan fingerprint density at radius 1 is 1.44 bits per heavy atom. The Morgan fingerprint density at radius 2 is 2.33 bits per heavy atom. The fraction of sp³-hybridized carbons (Fsp3) is 0.500. The molecule has 2 unspecified atom stereocenters. The molecule has 3 rings (SSSR count). The van der Waals surface area contributed by atoms with E-state index in [2.05, 4.69) is 44.1 Å². The van der Waals surface area contributed by atoms with Gasteiger partial charge in [-0.3, -0.25) is 4.90 Å². The van der Waals surface area contributed by atoms with E-state index in [4.69, 9.17) is 5.73 Å². The lowest BCUT2D eigenvalue weighted by molar-refractivity contribution is 0.138. The number of hydrogen-bond donors (Lipinski definition) is 1. The molecule has 2 aromatic heterocycles. The van der Waals surface area contributed by atoms with Crippen molar-refractivity contribution in [1.82, 2.24) is 19.7 Å². The van der Waals surface area contributed by atoms with Crippen LogP contribution in [0.4, 0.5) is 0 Å². The monoisotopic (exact) mass is 263 g/mol. The highest BCUT2D eigenvalue weighted by molar-refractivity contribution is 7.10. The summed E-state index contributed by atoms with van der Waals surface area (Å²) in [6.45, 7) is 4.83. The highest BCUT2D eigenvalue weighted by Gasteiger charge is 2.28. The van der Waals surface area contributed by atoms with Crippen molar-refractivity contribution in [2.45, 2.75) is 32.1 Å². The summed E-state index contributed by atoms with van der Waals surface area (Å²) in [5.41, 5.74) is 6.18. The largest absolute Gasteiger partial charge is 0.326 e. The van der Waals surface area contributed by atoms with Crippen LogP contribution in [0, 0.1) is 0 Å². The van der Waals surface area contributed by atoms with E-state index in [9.17, 15) is 0 Å². The second-order valence-electron chi connectivity index (χ2n) is 4.73. The number of nitrogens with zero attached hydrogens (tertiary/aromatic N) is 4. The molecule has 18 heavy (non-hydrogen) atoms. The summed E-state index contributed by atoms with van der Waals surface area (Å²) in [6, 6.07) is 4.63. The molecule has 0 amide bonds. The van der Waals surface area contributed by atoms with Gasteiger partial charge in [-0.15, -0.1) is 21.5 Å². The van der Waals surface area contributed by atoms with Crippen LogP contribution in [-0.2, 0) is 13.1 Å². The quantitative estimate of drug-likeness (QED) is 0.905. The zero-order chi connectivity index (χ0) is 12.5. The second kappa shape index (κ2) is 4.79. The Morgan fingerprint density at radius 3 is 3.06 bits per heavy atom. The lowest BCUT2D eigenvalue weighted by Gasteiger charge is -2.36. The summed E-state index contributed by atoms with van der Waals surface area (Å²) in [7, 11) is 0. The van der Waals surface area contributed by atoms with Crippen molar-refractivity contribution in [1.29, 1.82) is 0 Å². The van der Waals surface area contributed by atoms with Crippen LogP contribution in [0.25, 0.3) is 0 Å². The maximum absolute atomic E-state index is 6.18. The fourth-order valence-corrected chi connectivity index (χ4v) is 3.53. The zero-order valence-corrected chi connectivity index (χ0v) is 11.2. The van der Waals surface area contributed by atoms with Gasteiger partial charge in [-0.1, -0.05) is 6.07 Å². The van der Waals surface area contributed by atoms with E-state index in [-0.39, 0.29) is 12.1 Å². The number of fused-ring (bicyclic) bond motifs is 1. The summed E-state index contributed by atoms with van der Waals surface area (Å²) >= 11 is 1.77. The standard InChI is InChI=1S/C12H17N5S/c1-9(13)12(10-3-2-6-18-10)16-4-5-17-8-14-15-11(17)7-16/h2-3,6,8-9,12H,4-5,7,13H2,1H3. The predicted octanol–water partition coefficient (Wildman–Crippen LogP) is 1.24. The molecule has 0 spiro atoms. The van der Waals surface area contributed by atoms with E-state index >= 15 is 0 Å². The molecule has 2 aromatic rings. The molecule has 0 aliphatic carbocycles. The SMILES string of the molecule is CC(N)C(c1cccs1)N1CCn2cnnc2C1. The molecule has 0 radical (unpaired) electrons. The third-order valence-corrected chi connectivity index (χ3v) is 4.34. The molecule has 2 N–H and O–H groups in total. The molecule has 0 bridgehead atoms. The Balaban J connectivity index is 1.85. The van der Waals surface area contributed by atoms with E-state index in [0.29, 0.717) is 0 Å². The molecule has 1 aliphatic rings. The van der Waals surface area contributed by atoms with Gasteiger partial charge in [-0.25, -0.2) is 0 Å². The summed E-state index contributed by atoms with van der Waals surface area (Å²) in [4.78, 5) is 3.73. The number of rotatable bonds is 3. The minimum Gasteiger partial charge on any atom is -0.326 e. The summed E-state index contributed by atoms with van der Waals surface area (Å²) < 4.78 is 2.11. The van der Waals surface area contributed by atoms with Gasteiger partial charge in [0, 0.05) is 24.0 Å². The number of thiophene rings is 1. The maximum Gasteiger partial charge on any atom is 0.147 e. The van der Waals surface area contributed by atoms with Crippen molar-refractivity contribution < 1.29 is 0 Å². The van der Waals surface area contributed by atoms with Gasteiger partial charge < -0.3 is 10.3 Å². The smallest absolute Gasteiger partial charge is 0.147 e. The van der Waals surface area contributed by atoms with Crippen molar-refractivity contribution in [2.24, 2.45) is 5.73 Å². The zero-order valence-electron chi connectivity index (χ0n) is 10.4. The lowest BCUT2D eigenvalue weighted by Crippen LogP contribution is -2.43. The van der Waals surface area contributed by atoms with Crippen molar-refractivity contribution in [3.8, 4) is 0 Å². The molecule has 3 heterocycles. The molecule has 96 valence electrons. The third kappa shape index (κ3) is 2.07. The number of nitrogens with two attached hydrogens (primary N) is 1. The van der Waals surface area contributed by atoms with Crippen LogP contribution in [0.1, 0.15) is 23.7 Å². The minimum absolute atomic E-state index is 0.109. The predicted molar refractivity (Wildman–Crippen MR) is 71.1 cm³/mol. The molecule has 0 fully saturated rings. The minimum atomic E-state index is 0.109. The maximum atomic E-state index is 6.18. The average molecular weight is 263 g/mol. The summed E-state index contributed by atoms with van der Waals surface area (Å²) in [5.74, 6) is 1.03. The Labute approximate surface area is 110 Å². The lowest BCUT2D eigenvalue weighted by atomic mass is 10.1. The van der Waals surface area contributed by atoms with Gasteiger partial charge in [0.15, 0.2) is 0 Å². The Hall–Kier alpha value is -1.24. The van der Waals surface area contributed by atoms with Gasteiger partial charge in [0.05, 0.1) is 12.6 Å². The molecule has 2 atom stereocenters. The Kier molecular flexibility index (Phi) is 3.15. The van der Waals surface area contributed by atoms with E-state index in [0.717, 1.165) is 25.5 Å². The number of aromatic nitrogens is 3. The topological polar surface area (TPSA) is 60.0 Å². The van der Waals surface area contributed by atoms with E-state index in [1.807, 2.05) is 0 Å². The fourth-order valence-electron chi connectivity index (χ4n) is 2.55. The first-order chi connectivity index (χ1) is 8.75. The molecule has 0 saturated heterocycles. The first kappa shape index (κ1) is 11.8. The molecular weight excluding hydrogens is 246 g/mol. The molecular formula is C12H17N5S. The van der Waals surface area contributed by atoms with Crippen molar-refractivity contribution in [3.05, 3.63) is 34.5 Å². The summed E-state index contributed by atoms with van der Waals surface area (Å²) in [6.07, 6.45) is 1.80. The van der Waals surface area contributed by atoms with Crippen LogP contribution in [0.3, 0.4) is 0 Å². The van der Waals surface area contributed by atoms with Crippen LogP contribution in [0.2, 0.25) is 0 Å². The van der Waals surface area contributed by atoms with Crippen LogP contribution < -0.4 is 5.73 Å². The van der Waals surface area contributed by atoms with Gasteiger partial charge >= 0.3 is 0 Å². The first-order valence-corrected chi connectivity index (χ1v) is 7.03. The first-order valence-electron chi connectivity index (χ1n) is 6.15. The van der Waals surface area contributed by atoms with E-state index in [1.165, 1.54) is 4.88 Å². The van der Waals surface area contributed by atoms with E-state index in [1.54, 1.807) is 17.7 Å². The van der Waals surface area contributed by atoms with Gasteiger partial charge in [-0.05, 0) is 18.4 Å². The Bertz CT molecular complexity index is 504. The average Bonchev–Trinajstić information content (AvgIpc) is 2.98. The van der Waals surface area contributed by atoms with Crippen LogP contribution in [-0.4, -0.2) is 32.3 Å². The summed E-state index contributed by atoms with van der Waals surface area (Å²) in [5, 5.41) is 10.2. The van der Waals surface area contributed by atoms with Crippen LogP contribution >= 0.6 is 11.3 Å². The van der Waals surface area contributed by atoms with Crippen molar-refractivity contribution in [3.63, 3.8) is 0 Å². The van der Waals surface area contributed by atoms with Crippen molar-refractivity contribution in [2.75, 3.05) is 6.54 Å². The molecule has 5 nitrogen and oxygen atoms in total. The molecule has 0 aromatic carbocycles. The molecule has 0 saturated carbocycles. The third-order valence-electron chi connectivity index (χ3n) is 3.39. The van der Waals surface area contributed by atoms with Gasteiger partial charge in [0.1, 0.15) is 12.2 Å². The van der Waals surface area contributed by atoms with Gasteiger partial charge in [0.2, 0.25) is 0 Å². The van der Waals surface area contributed by atoms with Crippen LogP contribution in [0.15, 0.2) is 23.8 Å². The molecule has 6 heteroatoms. The van der Waals surface area contributed by atoms with E-state index < -0.39 is 0 Å². The molecule has 1 aliphatic heterocycles. The van der Waals surface area contributed by atoms with Gasteiger partial charge in [-0.2, -0.15) is 0 Å². The van der Waals surface area contributed by atoms with Gasteiger partial charge in [0.25, 0.3) is 0 Å². The second-order valence-corrected chi connectivity index (χ2v) is 5.71. The normalized spacial score (nSPS) is 19.4. The number of hydrogen-bond acceptors (Lipinski definition) is 5.